The lowest BCUT2D eigenvalue weighted by atomic mass is 10.1. The predicted octanol–water partition coefficient (Wildman–Crippen LogP) is 3.86. The molecule has 0 spiro atoms. The van der Waals surface area contributed by atoms with E-state index in [9.17, 15) is 23.2 Å². The number of rotatable bonds is 3. The van der Waals surface area contributed by atoms with Crippen LogP contribution < -0.4 is 9.64 Å². The highest BCUT2D eigenvalue weighted by atomic mass is 19.4. The molecule has 1 amide bonds. The van der Waals surface area contributed by atoms with E-state index in [1.165, 1.54) is 6.07 Å². The van der Waals surface area contributed by atoms with E-state index in [2.05, 4.69) is 0 Å². The first-order valence-electron chi connectivity index (χ1n) is 9.05. The van der Waals surface area contributed by atoms with Crippen molar-refractivity contribution in [3.05, 3.63) is 58.7 Å². The number of hydrogen-bond acceptors (Lipinski definition) is 4. The second-order valence-corrected chi connectivity index (χ2v) is 6.81. The lowest BCUT2D eigenvalue weighted by Gasteiger charge is -2.36. The molecule has 2 aromatic carbocycles. The van der Waals surface area contributed by atoms with E-state index in [1.54, 1.807) is 24.1 Å². The number of benzene rings is 2. The highest BCUT2D eigenvalue weighted by molar-refractivity contribution is 5.95. The molecule has 0 bridgehead atoms. The van der Waals surface area contributed by atoms with Gasteiger partial charge in [0, 0.05) is 31.7 Å². The Morgan fingerprint density at radius 3 is 2.38 bits per heavy atom. The van der Waals surface area contributed by atoms with Crippen LogP contribution in [0.1, 0.15) is 27.0 Å². The summed E-state index contributed by atoms with van der Waals surface area (Å²) in [5.41, 5.74) is 1.03. The van der Waals surface area contributed by atoms with E-state index in [-0.39, 0.29) is 11.5 Å². The van der Waals surface area contributed by atoms with Crippen LogP contribution in [0.2, 0.25) is 0 Å². The molecule has 29 heavy (non-hydrogen) atoms. The summed E-state index contributed by atoms with van der Waals surface area (Å²) < 4.78 is 43.9. The van der Waals surface area contributed by atoms with Gasteiger partial charge in [-0.05, 0) is 42.8 Å². The van der Waals surface area contributed by atoms with Crippen molar-refractivity contribution in [2.24, 2.45) is 0 Å². The van der Waals surface area contributed by atoms with Gasteiger partial charge in [0.2, 0.25) is 0 Å². The fraction of sp³-hybridized carbons (Fsp3) is 0.333. The van der Waals surface area contributed by atoms with Gasteiger partial charge >= 0.3 is 6.18 Å². The number of halogens is 3. The zero-order valence-corrected chi connectivity index (χ0v) is 16.1. The number of anilines is 1. The molecule has 0 aliphatic carbocycles. The molecule has 5 nitrogen and oxygen atoms in total. The van der Waals surface area contributed by atoms with E-state index in [0.29, 0.717) is 43.2 Å². The highest BCUT2D eigenvalue weighted by Gasteiger charge is 2.32. The number of piperazine rings is 1. The van der Waals surface area contributed by atoms with Crippen LogP contribution in [0, 0.1) is 18.3 Å². The first kappa shape index (κ1) is 20.5. The summed E-state index contributed by atoms with van der Waals surface area (Å²) in [4.78, 5) is 16.3. The van der Waals surface area contributed by atoms with Gasteiger partial charge in [-0.1, -0.05) is 6.07 Å². The summed E-state index contributed by atoms with van der Waals surface area (Å²) in [5, 5.41) is 9.28. The van der Waals surface area contributed by atoms with Crippen LogP contribution >= 0.6 is 0 Å². The van der Waals surface area contributed by atoms with Crippen LogP contribution in [0.3, 0.4) is 0 Å². The largest absolute Gasteiger partial charge is 0.496 e. The highest BCUT2D eigenvalue weighted by Crippen LogP contribution is 2.33. The van der Waals surface area contributed by atoms with Crippen molar-refractivity contribution in [1.29, 1.82) is 5.26 Å². The van der Waals surface area contributed by atoms with Crippen LogP contribution in [0.15, 0.2) is 36.4 Å². The molecule has 0 atom stereocenters. The maximum atomic E-state index is 12.9. The molecular formula is C21H20F3N3O2. The number of amides is 1. The number of methoxy groups -OCH3 is 1. The number of carbonyl (C=O) groups excluding carboxylic acids is 1. The number of alkyl halides is 3. The second-order valence-electron chi connectivity index (χ2n) is 6.81. The number of carbonyl (C=O) groups is 1. The monoisotopic (exact) mass is 403 g/mol. The molecule has 2 aromatic rings. The Hall–Kier alpha value is -3.21. The average molecular weight is 403 g/mol. The normalized spacial score (nSPS) is 14.5. The van der Waals surface area contributed by atoms with Gasteiger partial charge in [0.25, 0.3) is 5.91 Å². The van der Waals surface area contributed by atoms with E-state index < -0.39 is 11.7 Å². The van der Waals surface area contributed by atoms with Crippen molar-refractivity contribution in [1.82, 2.24) is 4.90 Å². The number of hydrogen-bond donors (Lipinski definition) is 0. The van der Waals surface area contributed by atoms with Crippen LogP contribution in [0.25, 0.3) is 0 Å². The molecule has 0 saturated carbocycles. The Balaban J connectivity index is 1.72. The standard InChI is InChI=1S/C21H20F3N3O2/c1-14-3-4-15(12-19(14)29-2)20(28)27-9-7-26(8-10-27)18-6-5-17(21(22,23)24)11-16(18)13-25/h3-6,11-12H,7-10H2,1-2H3. The second kappa shape index (κ2) is 8.03. The van der Waals surface area contributed by atoms with Gasteiger partial charge in [-0.2, -0.15) is 18.4 Å². The van der Waals surface area contributed by atoms with Gasteiger partial charge in [-0.3, -0.25) is 4.79 Å². The number of ether oxygens (including phenoxy) is 1. The molecule has 1 aliphatic rings. The Bertz CT molecular complexity index is 959. The van der Waals surface area contributed by atoms with Gasteiger partial charge in [-0.25, -0.2) is 0 Å². The summed E-state index contributed by atoms with van der Waals surface area (Å²) >= 11 is 0. The van der Waals surface area contributed by atoms with E-state index in [0.717, 1.165) is 17.7 Å². The van der Waals surface area contributed by atoms with E-state index in [4.69, 9.17) is 4.74 Å². The minimum atomic E-state index is -4.50. The van der Waals surface area contributed by atoms with Crippen LogP contribution in [0.4, 0.5) is 18.9 Å². The molecule has 1 heterocycles. The number of nitriles is 1. The van der Waals surface area contributed by atoms with Crippen LogP contribution in [0.5, 0.6) is 5.75 Å². The van der Waals surface area contributed by atoms with Gasteiger partial charge in [0.15, 0.2) is 0 Å². The SMILES string of the molecule is COc1cc(C(=O)N2CCN(c3ccc(C(F)(F)F)cc3C#N)CC2)ccc1C. The van der Waals surface area contributed by atoms with E-state index >= 15 is 0 Å². The van der Waals surface area contributed by atoms with Crippen LogP contribution in [-0.4, -0.2) is 44.1 Å². The number of nitrogens with zero attached hydrogens (tertiary/aromatic N) is 3. The summed E-state index contributed by atoms with van der Waals surface area (Å²) in [6.07, 6.45) is -4.50. The third-order valence-electron chi connectivity index (χ3n) is 5.01. The summed E-state index contributed by atoms with van der Waals surface area (Å²) in [5.74, 6) is 0.508. The molecule has 0 radical (unpaired) electrons. The number of aryl methyl sites for hydroxylation is 1. The van der Waals surface area contributed by atoms with Crippen molar-refractivity contribution >= 4 is 11.6 Å². The minimum Gasteiger partial charge on any atom is -0.496 e. The van der Waals surface area contributed by atoms with Gasteiger partial charge in [0.1, 0.15) is 11.8 Å². The summed E-state index contributed by atoms with van der Waals surface area (Å²) in [6, 6.07) is 10.3. The Morgan fingerprint density at radius 1 is 1.10 bits per heavy atom. The molecule has 1 fully saturated rings. The Morgan fingerprint density at radius 2 is 1.79 bits per heavy atom. The molecule has 0 N–H and O–H groups in total. The van der Waals surface area contributed by atoms with Crippen molar-refractivity contribution in [2.75, 3.05) is 38.2 Å². The Kier molecular flexibility index (Phi) is 5.69. The zero-order valence-electron chi connectivity index (χ0n) is 16.1. The van der Waals surface area contributed by atoms with Crippen molar-refractivity contribution in [2.45, 2.75) is 13.1 Å². The van der Waals surface area contributed by atoms with Crippen molar-refractivity contribution in [3.8, 4) is 11.8 Å². The third-order valence-corrected chi connectivity index (χ3v) is 5.01. The maximum Gasteiger partial charge on any atom is 0.416 e. The third kappa shape index (κ3) is 4.29. The lowest BCUT2D eigenvalue weighted by molar-refractivity contribution is -0.137. The Labute approximate surface area is 166 Å². The topological polar surface area (TPSA) is 56.6 Å². The molecule has 8 heteroatoms. The smallest absolute Gasteiger partial charge is 0.416 e. The quantitative estimate of drug-likeness (QED) is 0.781. The first-order chi connectivity index (χ1) is 13.7. The van der Waals surface area contributed by atoms with Crippen LogP contribution in [-0.2, 0) is 6.18 Å². The average Bonchev–Trinajstić information content (AvgIpc) is 2.72. The lowest BCUT2D eigenvalue weighted by Crippen LogP contribution is -2.49. The molecule has 1 saturated heterocycles. The van der Waals surface area contributed by atoms with Crippen molar-refractivity contribution in [3.63, 3.8) is 0 Å². The molecular weight excluding hydrogens is 383 g/mol. The molecule has 1 aliphatic heterocycles. The first-order valence-corrected chi connectivity index (χ1v) is 9.05. The summed E-state index contributed by atoms with van der Waals surface area (Å²) in [6.45, 7) is 3.55. The summed E-state index contributed by atoms with van der Waals surface area (Å²) in [7, 11) is 1.55. The predicted molar refractivity (Wildman–Crippen MR) is 102 cm³/mol. The molecule has 0 aromatic heterocycles. The van der Waals surface area contributed by atoms with Gasteiger partial charge in [0.05, 0.1) is 23.9 Å². The van der Waals surface area contributed by atoms with Gasteiger partial charge in [-0.15, -0.1) is 0 Å². The van der Waals surface area contributed by atoms with E-state index in [1.807, 2.05) is 24.0 Å². The maximum absolute atomic E-state index is 12.9. The van der Waals surface area contributed by atoms with Crippen molar-refractivity contribution < 1.29 is 22.7 Å². The fourth-order valence-electron chi connectivity index (χ4n) is 3.36. The fourth-order valence-corrected chi connectivity index (χ4v) is 3.36. The minimum absolute atomic E-state index is 0.0251. The zero-order chi connectivity index (χ0) is 21.2. The molecule has 152 valence electrons. The molecule has 3 rings (SSSR count). The van der Waals surface area contributed by atoms with Gasteiger partial charge < -0.3 is 14.5 Å². The molecule has 0 unspecified atom stereocenters.